The topological polar surface area (TPSA) is 125 Å². The van der Waals surface area contributed by atoms with Gasteiger partial charge in [-0.15, -0.1) is 0 Å². The van der Waals surface area contributed by atoms with Crippen LogP contribution in [0.4, 0.5) is 17.1 Å². The summed E-state index contributed by atoms with van der Waals surface area (Å²) in [5, 5.41) is 14.3. The quantitative estimate of drug-likeness (QED) is 0.365. The minimum absolute atomic E-state index is 0.0993. The molecule has 194 valence electrons. The molecule has 1 amide bonds. The van der Waals surface area contributed by atoms with Gasteiger partial charge in [0.1, 0.15) is 0 Å². The van der Waals surface area contributed by atoms with Crippen LogP contribution in [0.1, 0.15) is 24.0 Å². The molecule has 5 rings (SSSR count). The smallest absolute Gasteiger partial charge is 0.310 e. The molecule has 1 aliphatic heterocycles. The fraction of sp³-hybridized carbons (Fsp3) is 0.250. The summed E-state index contributed by atoms with van der Waals surface area (Å²) in [4.78, 5) is 41.1. The van der Waals surface area contributed by atoms with Crippen LogP contribution < -0.4 is 20.3 Å². The van der Waals surface area contributed by atoms with E-state index in [0.717, 1.165) is 16.7 Å². The van der Waals surface area contributed by atoms with Gasteiger partial charge in [0.05, 0.1) is 42.1 Å². The van der Waals surface area contributed by atoms with Crippen molar-refractivity contribution in [1.82, 2.24) is 4.57 Å². The van der Waals surface area contributed by atoms with E-state index in [1.54, 1.807) is 35.0 Å². The molecule has 0 radical (unpaired) electrons. The second kappa shape index (κ2) is 10.3. The Bertz CT molecular complexity index is 1560. The summed E-state index contributed by atoms with van der Waals surface area (Å²) in [7, 11) is 2.87. The van der Waals surface area contributed by atoms with E-state index in [1.807, 2.05) is 24.3 Å². The fourth-order valence-electron chi connectivity index (χ4n) is 4.82. The third kappa shape index (κ3) is 4.80. The van der Waals surface area contributed by atoms with E-state index in [2.05, 4.69) is 5.32 Å². The number of amides is 1. The number of hydrogen-bond donors (Lipinski definition) is 1. The first-order valence-electron chi connectivity index (χ1n) is 12.2. The lowest BCUT2D eigenvalue weighted by atomic mass is 9.84. The van der Waals surface area contributed by atoms with Crippen LogP contribution in [0.3, 0.4) is 0 Å². The predicted molar refractivity (Wildman–Crippen MR) is 143 cm³/mol. The molecule has 2 aliphatic rings. The van der Waals surface area contributed by atoms with E-state index in [0.29, 0.717) is 48.6 Å². The molecule has 10 heteroatoms. The lowest BCUT2D eigenvalue weighted by Gasteiger charge is -2.22. The van der Waals surface area contributed by atoms with Crippen molar-refractivity contribution in [3.05, 3.63) is 92.4 Å². The van der Waals surface area contributed by atoms with E-state index < -0.39 is 10.8 Å². The summed E-state index contributed by atoms with van der Waals surface area (Å²) in [6.07, 6.45) is 5.39. The second-order valence-corrected chi connectivity index (χ2v) is 9.11. The number of anilines is 1. The average Bonchev–Trinajstić information content (AvgIpc) is 3.06. The van der Waals surface area contributed by atoms with Gasteiger partial charge in [-0.1, -0.05) is 6.07 Å². The highest BCUT2D eigenvalue weighted by atomic mass is 16.6. The Hall–Kier alpha value is -4.73. The first kappa shape index (κ1) is 24.9. The number of carbonyl (C=O) groups is 1. The highest BCUT2D eigenvalue weighted by Gasteiger charge is 2.31. The van der Waals surface area contributed by atoms with Crippen molar-refractivity contribution < 1.29 is 19.2 Å². The van der Waals surface area contributed by atoms with Crippen molar-refractivity contribution in [1.29, 1.82) is 0 Å². The van der Waals surface area contributed by atoms with E-state index in [9.17, 15) is 19.7 Å². The summed E-state index contributed by atoms with van der Waals surface area (Å²) >= 11 is 0. The number of nitrogens with one attached hydrogen (secondary N) is 1. The normalized spacial score (nSPS) is 16.3. The number of aryl methyl sites for hydroxylation is 2. The number of aliphatic imine (C=N–C) groups is 1. The molecule has 1 aromatic heterocycles. The number of allylic oxidation sites excluding steroid dienone is 2. The molecule has 0 spiro atoms. The molecule has 38 heavy (non-hydrogen) atoms. The molecule has 1 aliphatic carbocycles. The molecular weight excluding hydrogens is 488 g/mol. The van der Waals surface area contributed by atoms with Crippen LogP contribution in [0.25, 0.3) is 5.57 Å². The molecule has 3 aromatic rings. The van der Waals surface area contributed by atoms with Gasteiger partial charge in [0.15, 0.2) is 11.5 Å². The summed E-state index contributed by atoms with van der Waals surface area (Å²) < 4.78 is 11.9. The van der Waals surface area contributed by atoms with Crippen LogP contribution in [0.2, 0.25) is 0 Å². The standard InChI is InChI=1S/C28H26N4O6/c1-37-25-4-3-12-31(28(25)34)13-11-17-5-9-21-23(14-17)30-27(33)20-8-6-18(15-22(20)29-21)19-7-10-24(32(35)36)26(16-19)38-2/h3-5,7,9-10,12,14-16,20H,6,8,11,13H2,1-2H3,(H,30,33). The number of nitro groups is 1. The summed E-state index contributed by atoms with van der Waals surface area (Å²) in [6.45, 7) is 0.463. The van der Waals surface area contributed by atoms with Crippen molar-refractivity contribution in [2.24, 2.45) is 10.9 Å². The number of rotatable bonds is 7. The highest BCUT2D eigenvalue weighted by molar-refractivity contribution is 6.19. The molecule has 2 aromatic carbocycles. The maximum atomic E-state index is 13.1. The molecule has 1 atom stereocenters. The zero-order chi connectivity index (χ0) is 26.8. The van der Waals surface area contributed by atoms with Gasteiger partial charge in [-0.2, -0.15) is 0 Å². The molecular formula is C28H26N4O6. The van der Waals surface area contributed by atoms with E-state index in [4.69, 9.17) is 14.5 Å². The lowest BCUT2D eigenvalue weighted by Crippen LogP contribution is -2.29. The van der Waals surface area contributed by atoms with Crippen LogP contribution in [0, 0.1) is 16.0 Å². The molecule has 0 fully saturated rings. The zero-order valence-electron chi connectivity index (χ0n) is 21.0. The monoisotopic (exact) mass is 514 g/mol. The summed E-state index contributed by atoms with van der Waals surface area (Å²) in [5.41, 5.74) is 4.32. The SMILES string of the molecule is COc1cc(C2=CC3=Nc4ccc(CCn5cccc(OC)c5=O)cc4NC(=O)C3CC2)ccc1[N+](=O)[O-]. The number of hydrogen-bond acceptors (Lipinski definition) is 7. The Labute approximate surface area is 218 Å². The van der Waals surface area contributed by atoms with Gasteiger partial charge in [0.25, 0.3) is 5.56 Å². The predicted octanol–water partition coefficient (Wildman–Crippen LogP) is 4.53. The molecule has 1 unspecified atom stereocenters. The first-order valence-corrected chi connectivity index (χ1v) is 12.2. The van der Waals surface area contributed by atoms with Crippen LogP contribution in [-0.4, -0.2) is 35.3 Å². The van der Waals surface area contributed by atoms with Crippen LogP contribution >= 0.6 is 0 Å². The van der Waals surface area contributed by atoms with Gasteiger partial charge in [0, 0.05) is 18.8 Å². The van der Waals surface area contributed by atoms with Gasteiger partial charge in [-0.25, -0.2) is 0 Å². The Morgan fingerprint density at radius 1 is 1.11 bits per heavy atom. The Kier molecular flexibility index (Phi) is 6.78. The van der Waals surface area contributed by atoms with Crippen LogP contribution in [0.15, 0.2) is 70.6 Å². The van der Waals surface area contributed by atoms with Crippen molar-refractivity contribution >= 4 is 34.3 Å². The summed E-state index contributed by atoms with van der Waals surface area (Å²) in [5.74, 6) is -0.0463. The van der Waals surface area contributed by atoms with Crippen molar-refractivity contribution in [2.45, 2.75) is 25.8 Å². The zero-order valence-corrected chi connectivity index (χ0v) is 21.0. The number of pyridine rings is 1. The van der Waals surface area contributed by atoms with E-state index in [-0.39, 0.29) is 22.9 Å². The van der Waals surface area contributed by atoms with Gasteiger partial charge in [-0.05, 0) is 78.4 Å². The molecule has 0 saturated heterocycles. The molecule has 2 heterocycles. The number of methoxy groups -OCH3 is 2. The van der Waals surface area contributed by atoms with E-state index >= 15 is 0 Å². The Morgan fingerprint density at radius 3 is 2.68 bits per heavy atom. The fourth-order valence-corrected chi connectivity index (χ4v) is 4.82. The van der Waals surface area contributed by atoms with Gasteiger partial charge in [-0.3, -0.25) is 24.7 Å². The van der Waals surface area contributed by atoms with Crippen molar-refractivity contribution in [3.63, 3.8) is 0 Å². The number of benzene rings is 2. The minimum Gasteiger partial charge on any atom is -0.491 e. The Balaban J connectivity index is 1.42. The second-order valence-electron chi connectivity index (χ2n) is 9.11. The third-order valence-electron chi connectivity index (χ3n) is 6.86. The number of carbonyl (C=O) groups excluding carboxylic acids is 1. The van der Waals surface area contributed by atoms with Gasteiger partial charge < -0.3 is 19.4 Å². The van der Waals surface area contributed by atoms with Crippen molar-refractivity contribution in [3.8, 4) is 11.5 Å². The lowest BCUT2D eigenvalue weighted by molar-refractivity contribution is -0.385. The largest absolute Gasteiger partial charge is 0.491 e. The first-order chi connectivity index (χ1) is 18.4. The molecule has 10 nitrogen and oxygen atoms in total. The van der Waals surface area contributed by atoms with Gasteiger partial charge >= 0.3 is 5.69 Å². The minimum atomic E-state index is -0.478. The molecule has 0 bridgehead atoms. The average molecular weight is 515 g/mol. The Morgan fingerprint density at radius 2 is 1.92 bits per heavy atom. The molecule has 1 N–H and O–H groups in total. The van der Waals surface area contributed by atoms with Crippen LogP contribution in [-0.2, 0) is 17.8 Å². The van der Waals surface area contributed by atoms with Gasteiger partial charge in [0.2, 0.25) is 5.91 Å². The maximum Gasteiger partial charge on any atom is 0.310 e. The highest BCUT2D eigenvalue weighted by Crippen LogP contribution is 2.38. The van der Waals surface area contributed by atoms with E-state index in [1.165, 1.54) is 20.3 Å². The van der Waals surface area contributed by atoms with Crippen LogP contribution in [0.5, 0.6) is 11.5 Å². The molecule has 0 saturated carbocycles. The number of nitro benzene ring substituents is 1. The number of nitrogens with zero attached hydrogens (tertiary/aromatic N) is 3. The summed E-state index contributed by atoms with van der Waals surface area (Å²) in [6, 6.07) is 13.9. The van der Waals surface area contributed by atoms with Crippen molar-refractivity contribution in [2.75, 3.05) is 19.5 Å². The maximum absolute atomic E-state index is 13.1. The number of fused-ring (bicyclic) bond motifs is 2. The third-order valence-corrected chi connectivity index (χ3v) is 6.86. The number of aromatic nitrogens is 1. The number of ether oxygens (including phenoxy) is 2.